The first-order valence-electron chi connectivity index (χ1n) is 5.76. The third kappa shape index (κ3) is 4.21. The normalized spacial score (nSPS) is 15.9. The number of aromatic nitrogens is 1. The summed E-state index contributed by atoms with van der Waals surface area (Å²) in [6.45, 7) is 0. The summed E-state index contributed by atoms with van der Waals surface area (Å²) in [4.78, 5) is 3.03. The van der Waals surface area contributed by atoms with Crippen molar-refractivity contribution in [1.82, 2.24) is 4.98 Å². The predicted octanol–water partition coefficient (Wildman–Crippen LogP) is 7.13. The van der Waals surface area contributed by atoms with Gasteiger partial charge in [-0.15, -0.1) is 15.5 Å². The first kappa shape index (κ1) is 18.2. The Balaban J connectivity index is 2.62. The van der Waals surface area contributed by atoms with E-state index < -0.39 is 42.5 Å². The van der Waals surface area contributed by atoms with E-state index in [2.05, 4.69) is 20.9 Å². The maximum atomic E-state index is 14.2. The summed E-state index contributed by atoms with van der Waals surface area (Å²) in [7, 11) is -8.99. The minimum atomic E-state index is -8.99. The maximum Gasteiger partial charge on any atom is 0.220 e. The lowest BCUT2D eigenvalue weighted by atomic mass is 10.2. The molecule has 10 heteroatoms. The number of hydrogen-bond acceptors (Lipinski definition) is 1. The Morgan fingerprint density at radius 2 is 1.61 bits per heavy atom. The number of benzene rings is 1. The fourth-order valence-corrected chi connectivity index (χ4v) is 3.82. The van der Waals surface area contributed by atoms with Crippen molar-refractivity contribution in [3.63, 3.8) is 0 Å². The molecule has 0 saturated heterocycles. The molecular formula is C13H7BrClF6NS. The van der Waals surface area contributed by atoms with Crippen molar-refractivity contribution in [2.45, 2.75) is 5.03 Å². The van der Waals surface area contributed by atoms with Crippen molar-refractivity contribution in [3.8, 4) is 0 Å². The highest BCUT2D eigenvalue weighted by atomic mass is 79.9. The second kappa shape index (κ2) is 5.15. The van der Waals surface area contributed by atoms with Gasteiger partial charge < -0.3 is 0 Å². The smallest absolute Gasteiger partial charge is 0.220 e. The van der Waals surface area contributed by atoms with Gasteiger partial charge in [0, 0.05) is 16.7 Å². The van der Waals surface area contributed by atoms with Crippen LogP contribution in [0, 0.1) is 11.6 Å². The van der Waals surface area contributed by atoms with E-state index in [0.717, 1.165) is 12.3 Å². The van der Waals surface area contributed by atoms with Gasteiger partial charge in [-0.2, -0.15) is 0 Å². The van der Waals surface area contributed by atoms with Crippen molar-refractivity contribution < 1.29 is 24.3 Å². The van der Waals surface area contributed by atoms with E-state index in [0.29, 0.717) is 24.3 Å². The third-order valence-corrected chi connectivity index (χ3v) is 5.37. The Kier molecular flexibility index (Phi) is 4.07. The lowest BCUT2D eigenvalue weighted by molar-refractivity contribution is 0.459. The molecule has 0 amide bonds. The minimum Gasteiger partial charge on any atom is -0.242 e. The van der Waals surface area contributed by atoms with Gasteiger partial charge in [-0.25, -0.2) is 13.8 Å². The van der Waals surface area contributed by atoms with Crippen LogP contribution in [0.3, 0.4) is 0 Å². The van der Waals surface area contributed by atoms with Crippen LogP contribution in [0.25, 0.3) is 5.03 Å². The van der Waals surface area contributed by atoms with Gasteiger partial charge in [-0.05, 0) is 45.8 Å². The summed E-state index contributed by atoms with van der Waals surface area (Å²) in [5, 5.41) is -3.74. The molecule has 0 aliphatic heterocycles. The largest absolute Gasteiger partial charge is 0.242 e. The predicted molar refractivity (Wildman–Crippen MR) is 82.4 cm³/mol. The molecule has 0 unspecified atom stereocenters. The molecule has 1 nitrogen and oxygen atoms in total. The lowest BCUT2D eigenvalue weighted by Gasteiger charge is -2.46. The van der Waals surface area contributed by atoms with E-state index in [1.807, 2.05) is 0 Å². The number of halogens is 8. The molecule has 0 aliphatic carbocycles. The van der Waals surface area contributed by atoms with E-state index >= 15 is 0 Å². The molecule has 1 aromatic heterocycles. The van der Waals surface area contributed by atoms with Crippen LogP contribution in [0.4, 0.5) is 24.3 Å². The Labute approximate surface area is 140 Å². The average molecular weight is 439 g/mol. The van der Waals surface area contributed by atoms with Crippen molar-refractivity contribution in [2.75, 3.05) is 0 Å². The summed E-state index contributed by atoms with van der Waals surface area (Å²) in [5.41, 5.74) is -0.642. The zero-order valence-electron chi connectivity index (χ0n) is 10.9. The second-order valence-corrected chi connectivity index (χ2v) is 8.81. The second-order valence-electron chi connectivity index (χ2n) is 4.57. The summed E-state index contributed by atoms with van der Waals surface area (Å²) in [6.07, 6.45) is 0.775. The van der Waals surface area contributed by atoms with Crippen LogP contribution in [-0.2, 0) is 0 Å². The van der Waals surface area contributed by atoms with Gasteiger partial charge >= 0.3 is 0 Å². The molecule has 1 aromatic carbocycles. The molecule has 0 radical (unpaired) electrons. The Hall–Kier alpha value is -1.19. The molecule has 2 aromatic rings. The van der Waals surface area contributed by atoms with E-state index in [9.17, 15) is 24.3 Å². The summed E-state index contributed by atoms with van der Waals surface area (Å²) in [5.74, 6) is -2.28. The topological polar surface area (TPSA) is 12.9 Å². The molecule has 23 heavy (non-hydrogen) atoms. The highest BCUT2D eigenvalue weighted by Gasteiger charge is 2.64. The van der Waals surface area contributed by atoms with Gasteiger partial charge in [0.1, 0.15) is 11.6 Å². The number of rotatable bonds is 3. The molecule has 126 valence electrons. The van der Waals surface area contributed by atoms with Crippen LogP contribution in [0.2, 0.25) is 0 Å². The van der Waals surface area contributed by atoms with Crippen LogP contribution >= 0.6 is 37.4 Å². The molecular weight excluding hydrogens is 432 g/mol. The Morgan fingerprint density at radius 3 is 2.09 bits per heavy atom. The van der Waals surface area contributed by atoms with Crippen LogP contribution in [-0.4, -0.2) is 4.98 Å². The number of pyridine rings is 1. The third-order valence-electron chi connectivity index (χ3n) is 2.62. The molecule has 0 spiro atoms. The highest BCUT2D eigenvalue weighted by Crippen LogP contribution is 3.01. The average Bonchev–Trinajstić information content (AvgIpc) is 2.36. The van der Waals surface area contributed by atoms with Crippen molar-refractivity contribution >= 4 is 42.4 Å². The first-order valence-corrected chi connectivity index (χ1v) is 9.05. The van der Waals surface area contributed by atoms with Crippen molar-refractivity contribution in [2.24, 2.45) is 0 Å². The van der Waals surface area contributed by atoms with Crippen LogP contribution in [0.15, 0.2) is 51.4 Å². The first-order chi connectivity index (χ1) is 10.3. The van der Waals surface area contributed by atoms with E-state index in [-0.39, 0.29) is 4.47 Å². The fraction of sp³-hybridized carbons (Fsp3) is 0. The van der Waals surface area contributed by atoms with Gasteiger partial charge in [-0.1, -0.05) is 11.6 Å². The highest BCUT2D eigenvalue weighted by molar-refractivity contribution is 9.10. The van der Waals surface area contributed by atoms with Gasteiger partial charge in [-0.3, -0.25) is 0 Å². The van der Waals surface area contributed by atoms with Crippen LogP contribution in [0.5, 0.6) is 0 Å². The monoisotopic (exact) mass is 437 g/mol. The van der Waals surface area contributed by atoms with Crippen molar-refractivity contribution in [3.05, 3.63) is 63.6 Å². The van der Waals surface area contributed by atoms with Gasteiger partial charge in [0.25, 0.3) is 0 Å². The van der Waals surface area contributed by atoms with Crippen LogP contribution in [0.1, 0.15) is 5.56 Å². The Morgan fingerprint density at radius 1 is 1.04 bits per heavy atom. The van der Waals surface area contributed by atoms with Crippen molar-refractivity contribution in [1.29, 1.82) is 0 Å². The molecule has 0 N–H and O–H groups in total. The quantitative estimate of drug-likeness (QED) is 0.464. The molecule has 0 bridgehead atoms. The van der Waals surface area contributed by atoms with E-state index in [1.54, 1.807) is 0 Å². The van der Waals surface area contributed by atoms with Gasteiger partial charge in [0.2, 0.25) is 9.84 Å². The zero-order chi connectivity index (χ0) is 17.5. The summed E-state index contributed by atoms with van der Waals surface area (Å²) >= 11 is 8.34. The minimum absolute atomic E-state index is 0.219. The molecule has 2 rings (SSSR count). The zero-order valence-corrected chi connectivity index (χ0v) is 14.1. The van der Waals surface area contributed by atoms with E-state index in [1.165, 1.54) is 0 Å². The van der Waals surface area contributed by atoms with Gasteiger partial charge in [0.15, 0.2) is 5.03 Å². The number of hydrogen-bond donors (Lipinski definition) is 0. The molecule has 0 saturated carbocycles. The summed E-state index contributed by atoms with van der Waals surface area (Å²) < 4.78 is 83.0. The SMILES string of the molecule is Fc1cc(F)cc(/C(Cl)=C\S(F)(F)(F)(F)c2ccc(Br)cn2)c1. The maximum absolute atomic E-state index is 14.2. The molecule has 0 atom stereocenters. The van der Waals surface area contributed by atoms with Gasteiger partial charge in [0.05, 0.1) is 10.4 Å². The lowest BCUT2D eigenvalue weighted by Crippen LogP contribution is -2.12. The number of nitrogens with zero attached hydrogens (tertiary/aromatic N) is 1. The van der Waals surface area contributed by atoms with E-state index in [4.69, 9.17) is 11.6 Å². The van der Waals surface area contributed by atoms with Crippen LogP contribution < -0.4 is 0 Å². The fourth-order valence-electron chi connectivity index (χ4n) is 1.64. The molecule has 0 fully saturated rings. The molecule has 1 heterocycles. The Bertz CT molecular complexity index is 782. The molecule has 0 aliphatic rings. The summed E-state index contributed by atoms with van der Waals surface area (Å²) in [6, 6.07) is 2.98. The standard InChI is InChI=1S/C13H7BrClF6NS/c14-9-1-2-13(22-6-9)23(18,19,20,21)7-12(15)8-3-10(16)5-11(17)4-8/h1-7H/b12-7+.